The van der Waals surface area contributed by atoms with Crippen LogP contribution in [0.25, 0.3) is 11.1 Å². The van der Waals surface area contributed by atoms with Gasteiger partial charge < -0.3 is 10.6 Å². The van der Waals surface area contributed by atoms with Crippen LogP contribution in [0.1, 0.15) is 56.1 Å². The maximum absolute atomic E-state index is 12.3. The van der Waals surface area contributed by atoms with Crippen molar-refractivity contribution in [3.63, 3.8) is 0 Å². The molecular formula is C26H32N4O. The zero-order valence-corrected chi connectivity index (χ0v) is 18.1. The van der Waals surface area contributed by atoms with Gasteiger partial charge in [0.05, 0.1) is 11.6 Å². The normalized spacial score (nSPS) is 18.3. The number of nitrogens with one attached hydrogen (secondary N) is 2. The average Bonchev–Trinajstić information content (AvgIpc) is 2.81. The van der Waals surface area contributed by atoms with Crippen LogP contribution in [0.3, 0.4) is 0 Å². The predicted octanol–water partition coefficient (Wildman–Crippen LogP) is 4.82. The smallest absolute Gasteiger partial charge is 0.315 e. The van der Waals surface area contributed by atoms with E-state index < -0.39 is 0 Å². The van der Waals surface area contributed by atoms with E-state index >= 15 is 0 Å². The Morgan fingerprint density at radius 3 is 2.23 bits per heavy atom. The quantitative estimate of drug-likeness (QED) is 0.734. The number of nitriles is 1. The third-order valence-corrected chi connectivity index (χ3v) is 6.58. The van der Waals surface area contributed by atoms with E-state index in [0.717, 1.165) is 56.4 Å². The summed E-state index contributed by atoms with van der Waals surface area (Å²) in [7, 11) is 0. The first-order valence-corrected chi connectivity index (χ1v) is 11.6. The lowest BCUT2D eigenvalue weighted by Crippen LogP contribution is -2.50. The summed E-state index contributed by atoms with van der Waals surface area (Å²) in [6.07, 6.45) is 7.98. The molecular weight excluding hydrogens is 384 g/mol. The van der Waals surface area contributed by atoms with Crippen LogP contribution in [0.4, 0.5) is 4.79 Å². The number of benzene rings is 2. The molecule has 5 heteroatoms. The molecule has 2 N–H and O–H groups in total. The Labute approximate surface area is 185 Å². The fraction of sp³-hybridized carbons (Fsp3) is 0.462. The summed E-state index contributed by atoms with van der Waals surface area (Å²) in [5.74, 6) is 0. The highest BCUT2D eigenvalue weighted by atomic mass is 16.2. The lowest BCUT2D eigenvalue weighted by molar-refractivity contribution is 0.184. The number of amides is 2. The molecule has 0 aromatic heterocycles. The number of urea groups is 1. The molecule has 1 aliphatic heterocycles. The molecule has 1 heterocycles. The van der Waals surface area contributed by atoms with E-state index in [0.29, 0.717) is 11.6 Å². The van der Waals surface area contributed by atoms with Gasteiger partial charge >= 0.3 is 6.03 Å². The Bertz CT molecular complexity index is 904. The zero-order chi connectivity index (χ0) is 21.5. The molecule has 0 bridgehead atoms. The van der Waals surface area contributed by atoms with Crippen molar-refractivity contribution in [1.29, 1.82) is 5.26 Å². The second-order valence-corrected chi connectivity index (χ2v) is 8.86. The molecule has 1 aliphatic carbocycles. The van der Waals surface area contributed by atoms with Crippen molar-refractivity contribution in [1.82, 2.24) is 15.5 Å². The van der Waals surface area contributed by atoms with E-state index in [1.165, 1.54) is 24.8 Å². The number of nitrogens with zero attached hydrogens (tertiary/aromatic N) is 2. The Morgan fingerprint density at radius 1 is 0.903 bits per heavy atom. The number of rotatable bonds is 5. The fourth-order valence-electron chi connectivity index (χ4n) is 4.78. The van der Waals surface area contributed by atoms with E-state index in [1.54, 1.807) is 0 Å². The fourth-order valence-corrected chi connectivity index (χ4v) is 4.78. The van der Waals surface area contributed by atoms with E-state index in [1.807, 2.05) is 24.3 Å². The lowest BCUT2D eigenvalue weighted by Gasteiger charge is -2.33. The van der Waals surface area contributed by atoms with Crippen LogP contribution >= 0.6 is 0 Å². The first kappa shape index (κ1) is 21.4. The Balaban J connectivity index is 1.23. The van der Waals surface area contributed by atoms with Crippen molar-refractivity contribution in [2.45, 2.75) is 63.6 Å². The van der Waals surface area contributed by atoms with Crippen LogP contribution < -0.4 is 10.6 Å². The molecule has 2 aliphatic rings. The first-order valence-electron chi connectivity index (χ1n) is 11.6. The van der Waals surface area contributed by atoms with Gasteiger partial charge in [-0.15, -0.1) is 0 Å². The highest BCUT2D eigenvalue weighted by Crippen LogP contribution is 2.24. The van der Waals surface area contributed by atoms with Crippen LogP contribution in [0.5, 0.6) is 0 Å². The standard InChI is InChI=1S/C26H32N4O/c27-18-22-6-4-5-9-25(22)21-12-10-20(11-13-21)19-30-16-14-24(15-17-30)29-26(31)28-23-7-2-1-3-8-23/h4-6,9-13,23-24H,1-3,7-8,14-17,19H2,(H2,28,29,31). The van der Waals surface area contributed by atoms with E-state index in [4.69, 9.17) is 0 Å². The van der Waals surface area contributed by atoms with Crippen molar-refractivity contribution < 1.29 is 4.79 Å². The van der Waals surface area contributed by atoms with Crippen LogP contribution in [0.15, 0.2) is 48.5 Å². The molecule has 1 saturated carbocycles. The average molecular weight is 417 g/mol. The Hall–Kier alpha value is -2.84. The van der Waals surface area contributed by atoms with Crippen LogP contribution in [0.2, 0.25) is 0 Å². The number of piperidine rings is 1. The van der Waals surface area contributed by atoms with Gasteiger partial charge in [0.2, 0.25) is 0 Å². The molecule has 4 rings (SSSR count). The van der Waals surface area contributed by atoms with Gasteiger partial charge in [0.1, 0.15) is 0 Å². The molecule has 2 aromatic carbocycles. The topological polar surface area (TPSA) is 68.2 Å². The second-order valence-electron chi connectivity index (χ2n) is 8.86. The Morgan fingerprint density at radius 2 is 1.55 bits per heavy atom. The monoisotopic (exact) mass is 416 g/mol. The minimum atomic E-state index is 0.0126. The second kappa shape index (κ2) is 10.5. The summed E-state index contributed by atoms with van der Waals surface area (Å²) in [5.41, 5.74) is 4.04. The number of carbonyl (C=O) groups excluding carboxylic acids is 1. The zero-order valence-electron chi connectivity index (χ0n) is 18.1. The molecule has 2 aromatic rings. The van der Waals surface area contributed by atoms with Gasteiger partial charge in [-0.2, -0.15) is 5.26 Å². The molecule has 5 nitrogen and oxygen atoms in total. The molecule has 0 radical (unpaired) electrons. The van der Waals surface area contributed by atoms with E-state index in [-0.39, 0.29) is 12.1 Å². The van der Waals surface area contributed by atoms with Gasteiger partial charge in [0.15, 0.2) is 0 Å². The number of likely N-dealkylation sites (tertiary alicyclic amines) is 1. The number of hydrogen-bond donors (Lipinski definition) is 2. The molecule has 1 saturated heterocycles. The van der Waals surface area contributed by atoms with Gasteiger partial charge in [0.25, 0.3) is 0 Å². The molecule has 2 fully saturated rings. The third kappa shape index (κ3) is 5.86. The van der Waals surface area contributed by atoms with Crippen LogP contribution in [-0.4, -0.2) is 36.1 Å². The van der Waals surface area contributed by atoms with Gasteiger partial charge in [-0.1, -0.05) is 61.7 Å². The minimum absolute atomic E-state index is 0.0126. The van der Waals surface area contributed by atoms with Gasteiger partial charge in [-0.05, 0) is 48.4 Å². The highest BCUT2D eigenvalue weighted by Gasteiger charge is 2.22. The molecule has 162 valence electrons. The largest absolute Gasteiger partial charge is 0.335 e. The molecule has 2 amide bonds. The SMILES string of the molecule is N#Cc1ccccc1-c1ccc(CN2CCC(NC(=O)NC3CCCCC3)CC2)cc1. The lowest BCUT2D eigenvalue weighted by atomic mass is 9.96. The number of hydrogen-bond acceptors (Lipinski definition) is 3. The van der Waals surface area contributed by atoms with Crippen molar-refractivity contribution in [2.75, 3.05) is 13.1 Å². The third-order valence-electron chi connectivity index (χ3n) is 6.58. The van der Waals surface area contributed by atoms with Crippen molar-refractivity contribution in [3.05, 3.63) is 59.7 Å². The maximum atomic E-state index is 12.3. The van der Waals surface area contributed by atoms with Crippen molar-refractivity contribution in [2.24, 2.45) is 0 Å². The van der Waals surface area contributed by atoms with E-state index in [2.05, 4.69) is 45.9 Å². The van der Waals surface area contributed by atoms with Crippen molar-refractivity contribution >= 4 is 6.03 Å². The molecule has 31 heavy (non-hydrogen) atoms. The molecule has 0 spiro atoms. The van der Waals surface area contributed by atoms with E-state index in [9.17, 15) is 10.1 Å². The van der Waals surface area contributed by atoms with Gasteiger partial charge in [-0.25, -0.2) is 4.79 Å². The number of carbonyl (C=O) groups is 1. The highest BCUT2D eigenvalue weighted by molar-refractivity contribution is 5.74. The maximum Gasteiger partial charge on any atom is 0.315 e. The Kier molecular flexibility index (Phi) is 7.22. The van der Waals surface area contributed by atoms with Crippen LogP contribution in [-0.2, 0) is 6.54 Å². The summed E-state index contributed by atoms with van der Waals surface area (Å²) in [5, 5.41) is 15.7. The summed E-state index contributed by atoms with van der Waals surface area (Å²) in [6, 6.07) is 19.2. The molecule has 0 atom stereocenters. The summed E-state index contributed by atoms with van der Waals surface area (Å²) in [6.45, 7) is 2.90. The minimum Gasteiger partial charge on any atom is -0.335 e. The van der Waals surface area contributed by atoms with Crippen LogP contribution in [0, 0.1) is 11.3 Å². The van der Waals surface area contributed by atoms with Crippen molar-refractivity contribution in [3.8, 4) is 17.2 Å². The summed E-state index contributed by atoms with van der Waals surface area (Å²) < 4.78 is 0. The summed E-state index contributed by atoms with van der Waals surface area (Å²) in [4.78, 5) is 14.7. The summed E-state index contributed by atoms with van der Waals surface area (Å²) >= 11 is 0. The van der Waals surface area contributed by atoms with Gasteiger partial charge in [-0.3, -0.25) is 4.90 Å². The predicted molar refractivity (Wildman–Crippen MR) is 123 cm³/mol. The first-order chi connectivity index (χ1) is 15.2. The van der Waals surface area contributed by atoms with Gasteiger partial charge in [0, 0.05) is 31.7 Å². The molecule has 0 unspecified atom stereocenters.